The summed E-state index contributed by atoms with van der Waals surface area (Å²) in [5.74, 6) is -0.315. The third kappa shape index (κ3) is 20.0. The van der Waals surface area contributed by atoms with Crippen molar-refractivity contribution in [3.8, 4) is 0 Å². The summed E-state index contributed by atoms with van der Waals surface area (Å²) < 4.78 is 5.66. The topological polar surface area (TPSA) is 97.5 Å². The van der Waals surface area contributed by atoms with Gasteiger partial charge in [-0.1, -0.05) is 62.3 Å². The van der Waals surface area contributed by atoms with Crippen molar-refractivity contribution in [3.63, 3.8) is 0 Å². The van der Waals surface area contributed by atoms with E-state index in [2.05, 4.69) is 71.8 Å². The second-order valence-corrected chi connectivity index (χ2v) is 16.7. The van der Waals surface area contributed by atoms with Crippen LogP contribution in [0.4, 0.5) is 0 Å². The number of rotatable bonds is 9. The minimum atomic E-state index is -0.533. The molecule has 0 aromatic rings. The molecule has 0 saturated carbocycles. The molecule has 0 aliphatic carbocycles. The summed E-state index contributed by atoms with van der Waals surface area (Å²) in [6.45, 7) is 34.6. The van der Waals surface area contributed by atoms with Gasteiger partial charge in [0, 0.05) is 84.0 Å². The van der Waals surface area contributed by atoms with E-state index < -0.39 is 11.0 Å². The van der Waals surface area contributed by atoms with Crippen molar-refractivity contribution in [1.29, 1.82) is 0 Å². The lowest BCUT2D eigenvalue weighted by atomic mass is 9.95. The predicted octanol–water partition coefficient (Wildman–Crippen LogP) is 2.92. The number of amides is 2. The third-order valence-electron chi connectivity index (χ3n) is 6.88. The minimum absolute atomic E-state index is 0.0325. The van der Waals surface area contributed by atoms with Crippen LogP contribution in [-0.2, 0) is 19.1 Å². The number of hydrogen-bond acceptors (Lipinski definition) is 8. The van der Waals surface area contributed by atoms with Crippen LogP contribution < -0.4 is 10.6 Å². The lowest BCUT2D eigenvalue weighted by Gasteiger charge is -2.37. The Hall–Kier alpha value is -1.75. The molecule has 1 heterocycles. The van der Waals surface area contributed by atoms with Gasteiger partial charge in [-0.3, -0.25) is 24.2 Å². The Balaban J connectivity index is 3.02. The van der Waals surface area contributed by atoms with Crippen LogP contribution in [0.2, 0.25) is 0 Å². The maximum atomic E-state index is 13.0. The summed E-state index contributed by atoms with van der Waals surface area (Å²) in [6, 6.07) is 0. The molecule has 0 spiro atoms. The molecule has 10 heteroatoms. The number of hydrogen-bond donors (Lipinski definition) is 2. The first-order valence-corrected chi connectivity index (χ1v) is 16.2. The number of nitrogens with one attached hydrogen (secondary N) is 2. The molecule has 1 aliphatic rings. The molecule has 1 aliphatic heterocycles. The van der Waals surface area contributed by atoms with E-state index in [0.717, 1.165) is 52.4 Å². The summed E-state index contributed by atoms with van der Waals surface area (Å²) in [4.78, 5) is 47.3. The minimum Gasteiger partial charge on any atom is -0.459 e. The average Bonchev–Trinajstić information content (AvgIpc) is 2.79. The third-order valence-corrected chi connectivity index (χ3v) is 6.88. The van der Waals surface area contributed by atoms with Gasteiger partial charge in [-0.05, 0) is 31.6 Å². The van der Waals surface area contributed by atoms with Crippen LogP contribution in [0, 0.1) is 16.2 Å². The van der Waals surface area contributed by atoms with E-state index in [4.69, 9.17) is 4.74 Å². The molecular formula is C33H66N6O4. The van der Waals surface area contributed by atoms with Gasteiger partial charge in [-0.25, -0.2) is 0 Å². The van der Waals surface area contributed by atoms with Crippen molar-refractivity contribution in [2.75, 3.05) is 91.6 Å². The van der Waals surface area contributed by atoms with Crippen LogP contribution in [0.15, 0.2) is 0 Å². The molecule has 43 heavy (non-hydrogen) atoms. The summed E-state index contributed by atoms with van der Waals surface area (Å²) >= 11 is 0. The lowest BCUT2D eigenvalue weighted by Crippen LogP contribution is -2.50. The fourth-order valence-corrected chi connectivity index (χ4v) is 5.01. The van der Waals surface area contributed by atoms with E-state index in [1.807, 2.05) is 41.5 Å². The maximum absolute atomic E-state index is 13.0. The second-order valence-electron chi connectivity index (χ2n) is 16.7. The normalized spacial score (nSPS) is 18.4. The Bertz CT molecular complexity index is 867. The van der Waals surface area contributed by atoms with E-state index in [1.165, 1.54) is 0 Å². The predicted molar refractivity (Wildman–Crippen MR) is 176 cm³/mol. The molecule has 0 aromatic heterocycles. The molecule has 0 bridgehead atoms. The first-order valence-electron chi connectivity index (χ1n) is 16.2. The monoisotopic (exact) mass is 611 g/mol. The number of esters is 1. The molecular weight excluding hydrogens is 544 g/mol. The summed E-state index contributed by atoms with van der Waals surface area (Å²) in [6.07, 6.45) is 0. The zero-order valence-electron chi connectivity index (χ0n) is 29.8. The van der Waals surface area contributed by atoms with Gasteiger partial charge >= 0.3 is 5.97 Å². The molecule has 0 radical (unpaired) electrons. The van der Waals surface area contributed by atoms with Crippen LogP contribution in [0.25, 0.3) is 0 Å². The van der Waals surface area contributed by atoms with E-state index >= 15 is 0 Å². The Morgan fingerprint density at radius 2 is 0.930 bits per heavy atom. The largest absolute Gasteiger partial charge is 0.459 e. The highest BCUT2D eigenvalue weighted by Gasteiger charge is 2.25. The highest BCUT2D eigenvalue weighted by molar-refractivity contribution is 5.81. The summed E-state index contributed by atoms with van der Waals surface area (Å²) in [7, 11) is 0. The van der Waals surface area contributed by atoms with E-state index in [-0.39, 0.29) is 41.7 Å². The Morgan fingerprint density at radius 1 is 0.558 bits per heavy atom. The van der Waals surface area contributed by atoms with Gasteiger partial charge < -0.3 is 25.2 Å². The van der Waals surface area contributed by atoms with Gasteiger partial charge in [0.1, 0.15) is 5.60 Å². The van der Waals surface area contributed by atoms with Crippen molar-refractivity contribution in [2.24, 2.45) is 16.2 Å². The SMILES string of the molecule is CC(C)(C)CN1CCN(CC(=O)NCCNC(=O)C(C)(C)C)CCN(CC(=O)OC(C)(C)C)CCN(CC(C)(C)C)CC1. The van der Waals surface area contributed by atoms with Crippen molar-refractivity contribution < 1.29 is 19.1 Å². The quantitative estimate of drug-likeness (QED) is 0.304. The van der Waals surface area contributed by atoms with Crippen LogP contribution in [0.1, 0.15) is 83.1 Å². The van der Waals surface area contributed by atoms with Crippen molar-refractivity contribution in [1.82, 2.24) is 30.2 Å². The molecule has 0 aromatic carbocycles. The van der Waals surface area contributed by atoms with E-state index in [0.29, 0.717) is 26.2 Å². The van der Waals surface area contributed by atoms with Gasteiger partial charge in [0.2, 0.25) is 11.8 Å². The average molecular weight is 611 g/mol. The zero-order chi connectivity index (χ0) is 33.1. The Labute approximate surface area is 263 Å². The van der Waals surface area contributed by atoms with E-state index in [1.54, 1.807) is 0 Å². The lowest BCUT2D eigenvalue weighted by molar-refractivity contribution is -0.156. The summed E-state index contributed by atoms with van der Waals surface area (Å²) in [5, 5.41) is 5.85. The molecule has 0 unspecified atom stereocenters. The number of nitrogens with zero attached hydrogens (tertiary/aromatic N) is 4. The van der Waals surface area contributed by atoms with Crippen LogP contribution in [-0.4, -0.2) is 135 Å². The standard InChI is InChI=1S/C33H66N6O4/c1-30(2,3)25-38-19-17-36(23-27(40)34-13-14-35-29(42)32(7,8)9)15-16-37(24-28(41)43-33(10,11)12)18-20-39(22-21-38)26-31(4,5)6/h13-26H2,1-12H3,(H,34,40)(H,35,42). The van der Waals surface area contributed by atoms with Gasteiger partial charge in [0.05, 0.1) is 13.1 Å². The molecule has 252 valence electrons. The Morgan fingerprint density at radius 3 is 1.30 bits per heavy atom. The van der Waals surface area contributed by atoms with Crippen LogP contribution in [0.5, 0.6) is 0 Å². The van der Waals surface area contributed by atoms with Crippen molar-refractivity contribution in [2.45, 2.75) is 88.7 Å². The molecule has 2 amide bonds. The number of ether oxygens (including phenoxy) is 1. The molecule has 1 rings (SSSR count). The fourth-order valence-electron chi connectivity index (χ4n) is 5.01. The highest BCUT2D eigenvalue weighted by atomic mass is 16.6. The first-order chi connectivity index (χ1) is 19.5. The van der Waals surface area contributed by atoms with Crippen molar-refractivity contribution in [3.05, 3.63) is 0 Å². The van der Waals surface area contributed by atoms with Gasteiger partial charge in [0.15, 0.2) is 0 Å². The Kier molecular flexibility index (Phi) is 15.6. The molecule has 0 atom stereocenters. The highest BCUT2D eigenvalue weighted by Crippen LogP contribution is 2.18. The van der Waals surface area contributed by atoms with E-state index in [9.17, 15) is 14.4 Å². The van der Waals surface area contributed by atoms with Gasteiger partial charge in [-0.15, -0.1) is 0 Å². The second kappa shape index (κ2) is 17.1. The zero-order valence-corrected chi connectivity index (χ0v) is 29.8. The summed E-state index contributed by atoms with van der Waals surface area (Å²) in [5.41, 5.74) is -0.663. The first kappa shape index (κ1) is 39.3. The van der Waals surface area contributed by atoms with Crippen molar-refractivity contribution >= 4 is 17.8 Å². The number of carbonyl (C=O) groups excluding carboxylic acids is 3. The molecule has 1 fully saturated rings. The smallest absolute Gasteiger partial charge is 0.320 e. The van der Waals surface area contributed by atoms with Gasteiger partial charge in [-0.2, -0.15) is 0 Å². The molecule has 1 saturated heterocycles. The van der Waals surface area contributed by atoms with Crippen LogP contribution in [0.3, 0.4) is 0 Å². The fraction of sp³-hybridized carbons (Fsp3) is 0.909. The van der Waals surface area contributed by atoms with Gasteiger partial charge in [0.25, 0.3) is 0 Å². The molecule has 2 N–H and O–H groups in total. The number of carbonyl (C=O) groups is 3. The maximum Gasteiger partial charge on any atom is 0.320 e. The van der Waals surface area contributed by atoms with Crippen LogP contribution >= 0.6 is 0 Å². The molecule has 10 nitrogen and oxygen atoms in total.